The van der Waals surface area contributed by atoms with Crippen molar-refractivity contribution in [3.8, 4) is 0 Å². The van der Waals surface area contributed by atoms with E-state index in [9.17, 15) is 19.5 Å². The third-order valence-corrected chi connectivity index (χ3v) is 2.76. The van der Waals surface area contributed by atoms with E-state index in [1.807, 2.05) is 0 Å². The fourth-order valence-corrected chi connectivity index (χ4v) is 1.68. The van der Waals surface area contributed by atoms with Crippen LogP contribution in [0.4, 0.5) is 4.79 Å². The van der Waals surface area contributed by atoms with Gasteiger partial charge in [-0.15, -0.1) is 0 Å². The second-order valence-electron chi connectivity index (χ2n) is 6.06. The summed E-state index contributed by atoms with van der Waals surface area (Å²) in [6, 6.07) is 7.12. The van der Waals surface area contributed by atoms with E-state index in [0.717, 1.165) is 0 Å². The Morgan fingerprint density at radius 1 is 1.21 bits per heavy atom. The van der Waals surface area contributed by atoms with Gasteiger partial charge in [0, 0.05) is 0 Å². The molecule has 0 radical (unpaired) electrons. The topological polar surface area (TPSA) is 128 Å². The number of benzene rings is 1. The molecule has 0 spiro atoms. The van der Waals surface area contributed by atoms with E-state index in [4.69, 9.17) is 15.2 Å². The molecule has 8 heteroatoms. The van der Waals surface area contributed by atoms with Gasteiger partial charge < -0.3 is 25.6 Å². The molecule has 0 unspecified atom stereocenters. The summed E-state index contributed by atoms with van der Waals surface area (Å²) in [6.07, 6.45) is -2.93. The van der Waals surface area contributed by atoms with Crippen LogP contribution in [0, 0.1) is 0 Å². The second kappa shape index (κ2) is 8.30. The number of ether oxygens (including phenoxy) is 2. The van der Waals surface area contributed by atoms with Gasteiger partial charge in [0.2, 0.25) is 5.91 Å². The average molecular weight is 338 g/mol. The van der Waals surface area contributed by atoms with Gasteiger partial charge in [0.25, 0.3) is 0 Å². The Balaban J connectivity index is 2.75. The summed E-state index contributed by atoms with van der Waals surface area (Å²) in [5.74, 6) is -2.18. The van der Waals surface area contributed by atoms with Crippen LogP contribution in [0.1, 0.15) is 26.3 Å². The molecule has 0 aliphatic rings. The number of amides is 2. The molecule has 0 bridgehead atoms. The monoisotopic (exact) mass is 338 g/mol. The highest BCUT2D eigenvalue weighted by molar-refractivity contribution is 5.90. The molecule has 1 aromatic carbocycles. The molecule has 132 valence electrons. The molecule has 0 fully saturated rings. The van der Waals surface area contributed by atoms with Crippen molar-refractivity contribution in [3.63, 3.8) is 0 Å². The van der Waals surface area contributed by atoms with Gasteiger partial charge >= 0.3 is 12.1 Å². The Kier molecular flexibility index (Phi) is 6.72. The molecule has 8 nitrogen and oxygen atoms in total. The van der Waals surface area contributed by atoms with Crippen molar-refractivity contribution >= 4 is 18.0 Å². The molecule has 1 aromatic rings. The number of nitrogens with two attached hydrogens (primary N) is 1. The molecular weight excluding hydrogens is 316 g/mol. The summed E-state index contributed by atoms with van der Waals surface area (Å²) in [7, 11) is 0. The molecule has 1 rings (SSSR count). The molecule has 0 aliphatic heterocycles. The Morgan fingerprint density at radius 2 is 1.79 bits per heavy atom. The van der Waals surface area contributed by atoms with Crippen LogP contribution >= 0.6 is 0 Å². The molecule has 0 aromatic heterocycles. The fourth-order valence-electron chi connectivity index (χ4n) is 1.68. The zero-order valence-corrected chi connectivity index (χ0v) is 13.8. The summed E-state index contributed by atoms with van der Waals surface area (Å²) >= 11 is 0. The maximum Gasteiger partial charge on any atom is 0.408 e. The number of primary amides is 1. The lowest BCUT2D eigenvalue weighted by Crippen LogP contribution is -2.54. The molecule has 4 N–H and O–H groups in total. The number of carbonyl (C=O) groups excluding carboxylic acids is 3. The van der Waals surface area contributed by atoms with E-state index in [1.54, 1.807) is 51.1 Å². The van der Waals surface area contributed by atoms with Crippen LogP contribution in [-0.4, -0.2) is 40.8 Å². The van der Waals surface area contributed by atoms with Crippen molar-refractivity contribution in [2.75, 3.05) is 0 Å². The van der Waals surface area contributed by atoms with Gasteiger partial charge in [0.15, 0.2) is 12.1 Å². The lowest BCUT2D eigenvalue weighted by atomic mass is 10.1. The normalized spacial score (nSPS) is 13.5. The Morgan fingerprint density at radius 3 is 2.29 bits per heavy atom. The zero-order valence-electron chi connectivity index (χ0n) is 13.8. The van der Waals surface area contributed by atoms with Crippen molar-refractivity contribution in [2.24, 2.45) is 5.73 Å². The molecule has 0 heterocycles. The maximum absolute atomic E-state index is 12.1. The molecule has 2 atom stereocenters. The smallest absolute Gasteiger partial charge is 0.408 e. The van der Waals surface area contributed by atoms with Crippen molar-refractivity contribution in [2.45, 2.75) is 45.1 Å². The maximum atomic E-state index is 12.1. The van der Waals surface area contributed by atoms with E-state index < -0.39 is 35.7 Å². The number of hydrogen-bond acceptors (Lipinski definition) is 6. The lowest BCUT2D eigenvalue weighted by Gasteiger charge is -2.24. The first-order chi connectivity index (χ1) is 11.1. The Bertz CT molecular complexity index is 582. The van der Waals surface area contributed by atoms with Crippen molar-refractivity contribution in [3.05, 3.63) is 35.9 Å². The number of carbonyl (C=O) groups is 3. The number of aliphatic hydroxyl groups excluding tert-OH is 1. The largest absolute Gasteiger partial charge is 0.459 e. The summed E-state index contributed by atoms with van der Waals surface area (Å²) in [4.78, 5) is 35.0. The minimum atomic E-state index is -1.94. The van der Waals surface area contributed by atoms with Crippen LogP contribution in [0.2, 0.25) is 0 Å². The highest BCUT2D eigenvalue weighted by atomic mass is 16.6. The van der Waals surface area contributed by atoms with E-state index in [1.165, 1.54) is 0 Å². The van der Waals surface area contributed by atoms with Gasteiger partial charge in [0.05, 0.1) is 0 Å². The molecule has 0 saturated heterocycles. The minimum Gasteiger partial charge on any atom is -0.459 e. The number of nitrogens with one attached hydrogen (secondary N) is 1. The van der Waals surface area contributed by atoms with Crippen LogP contribution in [0.25, 0.3) is 0 Å². The Hall–Kier alpha value is -2.61. The van der Waals surface area contributed by atoms with Crippen LogP contribution in [0.3, 0.4) is 0 Å². The van der Waals surface area contributed by atoms with Crippen molar-refractivity contribution in [1.29, 1.82) is 0 Å². The highest BCUT2D eigenvalue weighted by Crippen LogP contribution is 2.09. The van der Waals surface area contributed by atoms with E-state index in [2.05, 4.69) is 5.32 Å². The number of alkyl carbamates (subject to hydrolysis) is 1. The van der Waals surface area contributed by atoms with Crippen LogP contribution < -0.4 is 11.1 Å². The third kappa shape index (κ3) is 6.66. The molecule has 0 saturated carbocycles. The lowest BCUT2D eigenvalue weighted by molar-refractivity contribution is -0.153. The van der Waals surface area contributed by atoms with Crippen LogP contribution in [0.5, 0.6) is 0 Å². The van der Waals surface area contributed by atoms with Crippen LogP contribution in [-0.2, 0) is 25.7 Å². The predicted octanol–water partition coefficient (Wildman–Crippen LogP) is 0.469. The predicted molar refractivity (Wildman–Crippen MR) is 84.6 cm³/mol. The third-order valence-electron chi connectivity index (χ3n) is 2.76. The first-order valence-electron chi connectivity index (χ1n) is 7.27. The number of hydrogen-bond donors (Lipinski definition) is 3. The quantitative estimate of drug-likeness (QED) is 0.647. The number of esters is 1. The van der Waals surface area contributed by atoms with Gasteiger partial charge in [0.1, 0.15) is 12.2 Å². The first kappa shape index (κ1) is 19.4. The molecule has 24 heavy (non-hydrogen) atoms. The van der Waals surface area contributed by atoms with Gasteiger partial charge in [-0.05, 0) is 26.3 Å². The average Bonchev–Trinajstić information content (AvgIpc) is 2.48. The summed E-state index contributed by atoms with van der Waals surface area (Å²) in [5.41, 5.74) is 4.88. The van der Waals surface area contributed by atoms with Crippen molar-refractivity contribution in [1.82, 2.24) is 5.32 Å². The van der Waals surface area contributed by atoms with E-state index in [-0.39, 0.29) is 6.61 Å². The fraction of sp³-hybridized carbons (Fsp3) is 0.438. The SMILES string of the molecule is CC(C)(C)OC(=O)N[C@H](C(=O)OCc1ccccc1)[C@H](O)C(N)=O. The number of aliphatic hydroxyl groups is 1. The van der Waals surface area contributed by atoms with E-state index >= 15 is 0 Å². The summed E-state index contributed by atoms with van der Waals surface area (Å²) in [6.45, 7) is 4.79. The van der Waals surface area contributed by atoms with Gasteiger partial charge in [-0.25, -0.2) is 9.59 Å². The zero-order chi connectivity index (χ0) is 18.3. The first-order valence-corrected chi connectivity index (χ1v) is 7.27. The highest BCUT2D eigenvalue weighted by Gasteiger charge is 2.35. The summed E-state index contributed by atoms with van der Waals surface area (Å²) < 4.78 is 10.0. The van der Waals surface area contributed by atoms with E-state index in [0.29, 0.717) is 5.56 Å². The molecular formula is C16H22N2O6. The minimum absolute atomic E-state index is 0.0857. The van der Waals surface area contributed by atoms with Gasteiger partial charge in [-0.1, -0.05) is 30.3 Å². The molecule has 0 aliphatic carbocycles. The standard InChI is InChI=1S/C16H22N2O6/c1-16(2,3)24-15(22)18-11(12(19)13(17)20)14(21)23-9-10-7-5-4-6-8-10/h4-8,11-12,19H,9H2,1-3H3,(H2,17,20)(H,18,22)/t11-,12-/m0/s1. The summed E-state index contributed by atoms with van der Waals surface area (Å²) in [5, 5.41) is 11.9. The van der Waals surface area contributed by atoms with Crippen molar-refractivity contribution < 1.29 is 29.0 Å². The number of rotatable bonds is 6. The Labute approximate surface area is 139 Å². The van der Waals surface area contributed by atoms with Gasteiger partial charge in [-0.3, -0.25) is 4.79 Å². The second-order valence-corrected chi connectivity index (χ2v) is 6.06. The van der Waals surface area contributed by atoms with Crippen LogP contribution in [0.15, 0.2) is 30.3 Å². The molecule has 2 amide bonds. The van der Waals surface area contributed by atoms with Gasteiger partial charge in [-0.2, -0.15) is 0 Å².